The standard InChI is InChI=1S/C17H18N4O7S/c1-18-8-10-19(11-9-18)29(26,27)13-6-7-17(15(12-13)21(24)25)28-16-5-3-2-4-14(16)20(22)23/h2-7,12H,8-11H2,1H3. The number of nitro benzene ring substituents is 2. The first kappa shape index (κ1) is 20.6. The molecule has 11 nitrogen and oxygen atoms in total. The second-order valence-corrected chi connectivity index (χ2v) is 8.36. The van der Waals surface area contributed by atoms with Crippen molar-refractivity contribution in [2.75, 3.05) is 33.2 Å². The molecule has 154 valence electrons. The Morgan fingerprint density at radius 3 is 2.10 bits per heavy atom. The average molecular weight is 422 g/mol. The number of ether oxygens (including phenoxy) is 1. The second-order valence-electron chi connectivity index (χ2n) is 6.42. The first-order valence-corrected chi connectivity index (χ1v) is 10.0. The first-order valence-electron chi connectivity index (χ1n) is 8.58. The number of nitrogens with zero attached hydrogens (tertiary/aromatic N) is 4. The van der Waals surface area contributed by atoms with Crippen LogP contribution in [0.4, 0.5) is 11.4 Å². The Labute approximate surface area is 166 Å². The fraction of sp³-hybridized carbons (Fsp3) is 0.294. The predicted molar refractivity (Wildman–Crippen MR) is 103 cm³/mol. The number of piperazine rings is 1. The molecule has 0 spiro atoms. The van der Waals surface area contributed by atoms with Crippen LogP contribution in [0.5, 0.6) is 11.5 Å². The summed E-state index contributed by atoms with van der Waals surface area (Å²) in [5.74, 6) is -0.475. The van der Waals surface area contributed by atoms with Crippen LogP contribution >= 0.6 is 0 Å². The van der Waals surface area contributed by atoms with Gasteiger partial charge in [-0.3, -0.25) is 20.2 Å². The quantitative estimate of drug-likeness (QED) is 0.511. The highest BCUT2D eigenvalue weighted by atomic mass is 32.2. The van der Waals surface area contributed by atoms with Crippen molar-refractivity contribution in [2.24, 2.45) is 0 Å². The monoisotopic (exact) mass is 422 g/mol. The van der Waals surface area contributed by atoms with E-state index in [0.717, 1.165) is 12.1 Å². The summed E-state index contributed by atoms with van der Waals surface area (Å²) in [6.45, 7) is 1.67. The maximum absolute atomic E-state index is 12.8. The van der Waals surface area contributed by atoms with E-state index in [1.807, 2.05) is 11.9 Å². The smallest absolute Gasteiger partial charge is 0.312 e. The van der Waals surface area contributed by atoms with Crippen molar-refractivity contribution in [3.05, 3.63) is 62.7 Å². The van der Waals surface area contributed by atoms with Gasteiger partial charge in [-0.05, 0) is 25.2 Å². The van der Waals surface area contributed by atoms with Crippen LogP contribution in [-0.4, -0.2) is 60.7 Å². The number of benzene rings is 2. The maximum Gasteiger partial charge on any atom is 0.312 e. The molecule has 1 aliphatic heterocycles. The van der Waals surface area contributed by atoms with Crippen LogP contribution in [0.3, 0.4) is 0 Å². The average Bonchev–Trinajstić information content (AvgIpc) is 2.68. The minimum atomic E-state index is -3.91. The van der Waals surface area contributed by atoms with E-state index in [9.17, 15) is 28.6 Å². The molecule has 0 atom stereocenters. The molecule has 0 bridgehead atoms. The van der Waals surface area contributed by atoms with Crippen molar-refractivity contribution in [3.8, 4) is 11.5 Å². The Hall–Kier alpha value is -3.09. The van der Waals surface area contributed by atoms with Crippen LogP contribution in [0.2, 0.25) is 0 Å². The fourth-order valence-electron chi connectivity index (χ4n) is 2.88. The van der Waals surface area contributed by atoms with E-state index in [1.165, 1.54) is 34.6 Å². The largest absolute Gasteiger partial charge is 0.443 e. The molecular weight excluding hydrogens is 404 g/mol. The van der Waals surface area contributed by atoms with Gasteiger partial charge in [0.05, 0.1) is 14.7 Å². The van der Waals surface area contributed by atoms with Crippen LogP contribution in [-0.2, 0) is 10.0 Å². The molecule has 2 aromatic rings. The lowest BCUT2D eigenvalue weighted by Gasteiger charge is -2.31. The molecule has 1 heterocycles. The molecule has 0 unspecified atom stereocenters. The van der Waals surface area contributed by atoms with Crippen molar-refractivity contribution in [1.29, 1.82) is 0 Å². The highest BCUT2D eigenvalue weighted by Gasteiger charge is 2.30. The molecule has 0 aliphatic carbocycles. The predicted octanol–water partition coefficient (Wildman–Crippen LogP) is 2.23. The molecule has 1 saturated heterocycles. The Morgan fingerprint density at radius 1 is 0.897 bits per heavy atom. The maximum atomic E-state index is 12.8. The molecular formula is C17H18N4O7S. The number of hydrogen-bond acceptors (Lipinski definition) is 8. The van der Waals surface area contributed by atoms with Crippen LogP contribution in [0.25, 0.3) is 0 Å². The number of likely N-dealkylation sites (N-methyl/N-ethyl adjacent to an activating group) is 1. The summed E-state index contributed by atoms with van der Waals surface area (Å²) in [6, 6.07) is 8.68. The Kier molecular flexibility index (Phi) is 5.77. The zero-order valence-corrected chi connectivity index (χ0v) is 16.2. The van der Waals surface area contributed by atoms with Gasteiger partial charge in [-0.15, -0.1) is 0 Å². The summed E-state index contributed by atoms with van der Waals surface area (Å²) in [7, 11) is -2.04. The number of sulfonamides is 1. The van der Waals surface area contributed by atoms with Crippen LogP contribution in [0.1, 0.15) is 0 Å². The van der Waals surface area contributed by atoms with E-state index >= 15 is 0 Å². The topological polar surface area (TPSA) is 136 Å². The van der Waals surface area contributed by atoms with E-state index in [0.29, 0.717) is 13.1 Å². The van der Waals surface area contributed by atoms with Crippen molar-refractivity contribution < 1.29 is 23.0 Å². The van der Waals surface area contributed by atoms with Crippen molar-refractivity contribution in [3.63, 3.8) is 0 Å². The minimum absolute atomic E-state index is 0.185. The lowest BCUT2D eigenvalue weighted by molar-refractivity contribution is -0.387. The molecule has 0 radical (unpaired) electrons. The molecule has 1 fully saturated rings. The lowest BCUT2D eigenvalue weighted by Crippen LogP contribution is -2.47. The van der Waals surface area contributed by atoms with E-state index < -0.39 is 25.6 Å². The molecule has 0 aromatic heterocycles. The van der Waals surface area contributed by atoms with Crippen molar-refractivity contribution in [1.82, 2.24) is 9.21 Å². The van der Waals surface area contributed by atoms with Gasteiger partial charge in [0.2, 0.25) is 21.5 Å². The number of hydrogen-bond donors (Lipinski definition) is 0. The van der Waals surface area contributed by atoms with Gasteiger partial charge in [-0.2, -0.15) is 4.31 Å². The van der Waals surface area contributed by atoms with Gasteiger partial charge in [-0.1, -0.05) is 12.1 Å². The summed E-state index contributed by atoms with van der Waals surface area (Å²) in [4.78, 5) is 22.9. The minimum Gasteiger partial charge on any atom is -0.443 e. The number of para-hydroxylation sites is 2. The van der Waals surface area contributed by atoms with Crippen LogP contribution in [0, 0.1) is 20.2 Å². The van der Waals surface area contributed by atoms with Gasteiger partial charge in [0.15, 0.2) is 0 Å². The summed E-state index contributed by atoms with van der Waals surface area (Å²) >= 11 is 0. The Bertz CT molecular complexity index is 1050. The molecule has 3 rings (SSSR count). The zero-order valence-electron chi connectivity index (χ0n) is 15.4. The third-order valence-electron chi connectivity index (χ3n) is 4.51. The summed E-state index contributed by atoms with van der Waals surface area (Å²) in [6.07, 6.45) is 0. The Morgan fingerprint density at radius 2 is 1.48 bits per heavy atom. The summed E-state index contributed by atoms with van der Waals surface area (Å²) in [5, 5.41) is 22.6. The van der Waals surface area contributed by atoms with Gasteiger partial charge in [0.1, 0.15) is 0 Å². The van der Waals surface area contributed by atoms with Crippen LogP contribution < -0.4 is 4.74 Å². The molecule has 29 heavy (non-hydrogen) atoms. The molecule has 12 heteroatoms. The SMILES string of the molecule is CN1CCN(S(=O)(=O)c2ccc(Oc3ccccc3[N+](=O)[O-])c([N+](=O)[O-])c2)CC1. The fourth-order valence-corrected chi connectivity index (χ4v) is 4.32. The van der Waals surface area contributed by atoms with Crippen LogP contribution in [0.15, 0.2) is 47.4 Å². The van der Waals surface area contributed by atoms with Gasteiger partial charge in [-0.25, -0.2) is 8.42 Å². The zero-order chi connectivity index (χ0) is 21.2. The Balaban J connectivity index is 1.96. The number of rotatable bonds is 6. The number of nitro groups is 2. The third-order valence-corrected chi connectivity index (χ3v) is 6.40. The van der Waals surface area contributed by atoms with E-state index in [2.05, 4.69) is 0 Å². The van der Waals surface area contributed by atoms with Crippen molar-refractivity contribution in [2.45, 2.75) is 4.90 Å². The molecule has 0 saturated carbocycles. The lowest BCUT2D eigenvalue weighted by atomic mass is 10.2. The van der Waals surface area contributed by atoms with E-state index in [-0.39, 0.29) is 35.2 Å². The van der Waals surface area contributed by atoms with E-state index in [1.54, 1.807) is 0 Å². The molecule has 0 N–H and O–H groups in total. The normalized spacial score (nSPS) is 15.8. The second kappa shape index (κ2) is 8.11. The van der Waals surface area contributed by atoms with E-state index in [4.69, 9.17) is 4.74 Å². The summed E-state index contributed by atoms with van der Waals surface area (Å²) < 4.78 is 32.3. The first-order chi connectivity index (χ1) is 13.7. The molecule has 0 amide bonds. The van der Waals surface area contributed by atoms with Gasteiger partial charge in [0, 0.05) is 38.3 Å². The molecule has 2 aromatic carbocycles. The van der Waals surface area contributed by atoms with Gasteiger partial charge < -0.3 is 9.64 Å². The van der Waals surface area contributed by atoms with Gasteiger partial charge >= 0.3 is 11.4 Å². The summed E-state index contributed by atoms with van der Waals surface area (Å²) in [5.41, 5.74) is -0.964. The highest BCUT2D eigenvalue weighted by Crippen LogP contribution is 2.37. The third kappa shape index (κ3) is 4.34. The van der Waals surface area contributed by atoms with Crippen molar-refractivity contribution >= 4 is 21.4 Å². The molecule has 1 aliphatic rings. The van der Waals surface area contributed by atoms with Gasteiger partial charge in [0.25, 0.3) is 0 Å². The highest BCUT2D eigenvalue weighted by molar-refractivity contribution is 7.89.